The molecule has 0 amide bonds. The number of carbonyl (C=O) groups is 1. The van der Waals surface area contributed by atoms with Gasteiger partial charge in [-0.2, -0.15) is 0 Å². The molecule has 2 fully saturated rings. The molecule has 1 saturated carbocycles. The van der Waals surface area contributed by atoms with E-state index >= 15 is 0 Å². The molecule has 0 aromatic heterocycles. The van der Waals surface area contributed by atoms with Crippen molar-refractivity contribution in [1.82, 2.24) is 0 Å². The van der Waals surface area contributed by atoms with Crippen LogP contribution in [-0.2, 0) is 11.2 Å². The molecular formula is C28H35NO2. The first-order valence-electron chi connectivity index (χ1n) is 12.3. The number of hydrogen-bond donors (Lipinski definition) is 1. The van der Waals surface area contributed by atoms with Crippen molar-refractivity contribution in [3.8, 4) is 5.75 Å². The van der Waals surface area contributed by atoms with Crippen LogP contribution in [0.5, 0.6) is 5.75 Å². The first kappa shape index (κ1) is 20.6. The van der Waals surface area contributed by atoms with Gasteiger partial charge in [0.05, 0.1) is 0 Å². The third kappa shape index (κ3) is 4.24. The summed E-state index contributed by atoms with van der Waals surface area (Å²) < 4.78 is 0. The van der Waals surface area contributed by atoms with Crippen molar-refractivity contribution in [2.45, 2.75) is 63.7 Å². The molecular weight excluding hydrogens is 382 g/mol. The van der Waals surface area contributed by atoms with E-state index in [4.69, 9.17) is 0 Å². The van der Waals surface area contributed by atoms with Gasteiger partial charge in [0.15, 0.2) is 0 Å². The number of aromatic hydroxyl groups is 1. The van der Waals surface area contributed by atoms with Gasteiger partial charge >= 0.3 is 0 Å². The first-order chi connectivity index (χ1) is 15.2. The van der Waals surface area contributed by atoms with E-state index in [1.165, 1.54) is 60.9 Å². The Balaban J connectivity index is 1.43. The van der Waals surface area contributed by atoms with Crippen molar-refractivity contribution in [3.63, 3.8) is 0 Å². The number of rotatable bonds is 4. The molecule has 2 aromatic rings. The van der Waals surface area contributed by atoms with Crippen LogP contribution in [0, 0.1) is 17.8 Å². The summed E-state index contributed by atoms with van der Waals surface area (Å²) in [5.74, 6) is 2.58. The topological polar surface area (TPSA) is 40.5 Å². The van der Waals surface area contributed by atoms with Crippen LogP contribution >= 0.6 is 0 Å². The van der Waals surface area contributed by atoms with Crippen molar-refractivity contribution in [1.29, 1.82) is 0 Å². The number of benzene rings is 2. The van der Waals surface area contributed by atoms with Crippen LogP contribution in [0.1, 0.15) is 74.0 Å². The molecule has 1 N–H and O–H groups in total. The van der Waals surface area contributed by atoms with Gasteiger partial charge in [-0.25, -0.2) is 0 Å². The standard InChI is InChI=1S/C28H35NO2/c30-19-20-14-16-29(17-15-20)24-9-6-22(7-10-24)28-26(21-4-2-1-3-5-21)12-8-23-18-25(31)11-13-27(23)28/h6-7,9-11,13,18-21,26,28,31H,1-5,8,12,14-17H2/t26-,28+/m0/s1. The van der Waals surface area contributed by atoms with E-state index in [9.17, 15) is 9.90 Å². The molecule has 31 heavy (non-hydrogen) atoms. The zero-order chi connectivity index (χ0) is 21.2. The average Bonchev–Trinajstić information content (AvgIpc) is 2.84. The Kier molecular flexibility index (Phi) is 6.02. The fourth-order valence-corrected chi connectivity index (χ4v) is 6.51. The number of piperidine rings is 1. The largest absolute Gasteiger partial charge is 0.508 e. The molecule has 1 aliphatic heterocycles. The molecule has 0 unspecified atom stereocenters. The molecule has 2 aromatic carbocycles. The molecule has 3 aliphatic rings. The van der Waals surface area contributed by atoms with Gasteiger partial charge in [-0.3, -0.25) is 0 Å². The van der Waals surface area contributed by atoms with Crippen molar-refractivity contribution >= 4 is 12.0 Å². The smallest absolute Gasteiger partial charge is 0.123 e. The lowest BCUT2D eigenvalue weighted by molar-refractivity contribution is -0.111. The summed E-state index contributed by atoms with van der Waals surface area (Å²) in [6.45, 7) is 1.94. The summed E-state index contributed by atoms with van der Waals surface area (Å²) in [7, 11) is 0. The van der Waals surface area contributed by atoms with Gasteiger partial charge in [-0.1, -0.05) is 50.3 Å². The van der Waals surface area contributed by atoms with Gasteiger partial charge in [-0.15, -0.1) is 0 Å². The minimum Gasteiger partial charge on any atom is -0.508 e. The van der Waals surface area contributed by atoms with Gasteiger partial charge in [-0.05, 0) is 78.5 Å². The molecule has 0 radical (unpaired) electrons. The molecule has 2 atom stereocenters. The van der Waals surface area contributed by atoms with Crippen LogP contribution < -0.4 is 4.90 Å². The quantitative estimate of drug-likeness (QED) is 0.613. The van der Waals surface area contributed by atoms with Crippen LogP contribution in [0.15, 0.2) is 42.5 Å². The Morgan fingerprint density at radius 1 is 0.871 bits per heavy atom. The number of hydrogen-bond acceptors (Lipinski definition) is 3. The highest BCUT2D eigenvalue weighted by molar-refractivity contribution is 5.56. The number of fused-ring (bicyclic) bond motifs is 1. The second kappa shape index (κ2) is 9.06. The second-order valence-electron chi connectivity index (χ2n) is 10.0. The van der Waals surface area contributed by atoms with E-state index in [0.29, 0.717) is 17.6 Å². The molecule has 164 valence electrons. The summed E-state index contributed by atoms with van der Waals surface area (Å²) in [6, 6.07) is 15.3. The predicted octanol–water partition coefficient (Wildman–Crippen LogP) is 6.08. The van der Waals surface area contributed by atoms with Crippen LogP contribution in [0.4, 0.5) is 5.69 Å². The first-order valence-corrected chi connectivity index (χ1v) is 12.3. The number of nitrogens with zero attached hydrogens (tertiary/aromatic N) is 1. The maximum absolute atomic E-state index is 11.1. The van der Waals surface area contributed by atoms with Gasteiger partial charge in [0.2, 0.25) is 0 Å². The maximum atomic E-state index is 11.1. The Bertz CT molecular complexity index is 892. The summed E-state index contributed by atoms with van der Waals surface area (Å²) in [6.07, 6.45) is 12.3. The number of anilines is 1. The van der Waals surface area contributed by atoms with Crippen LogP contribution in [0.25, 0.3) is 0 Å². The molecule has 0 spiro atoms. The lowest BCUT2D eigenvalue weighted by Gasteiger charge is -2.41. The SMILES string of the molecule is O=CC1CCN(c2ccc([C@H]3c4ccc(O)cc4CC[C@H]3C3CCCCC3)cc2)CC1. The Morgan fingerprint density at radius 3 is 2.32 bits per heavy atom. The van der Waals surface area contributed by atoms with Crippen molar-refractivity contribution in [2.24, 2.45) is 17.8 Å². The number of phenols is 1. The third-order valence-electron chi connectivity index (χ3n) is 8.24. The molecule has 3 heteroatoms. The molecule has 5 rings (SSSR count). The van der Waals surface area contributed by atoms with Gasteiger partial charge in [0.1, 0.15) is 12.0 Å². The van der Waals surface area contributed by atoms with E-state index in [1.54, 1.807) is 0 Å². The third-order valence-corrected chi connectivity index (χ3v) is 8.24. The van der Waals surface area contributed by atoms with Crippen molar-refractivity contribution < 1.29 is 9.90 Å². The van der Waals surface area contributed by atoms with Crippen LogP contribution in [-0.4, -0.2) is 24.5 Å². The molecule has 0 bridgehead atoms. The highest BCUT2D eigenvalue weighted by atomic mass is 16.3. The number of carbonyl (C=O) groups excluding carboxylic acids is 1. The Hall–Kier alpha value is -2.29. The van der Waals surface area contributed by atoms with E-state index in [-0.39, 0.29) is 5.92 Å². The molecule has 1 saturated heterocycles. The lowest BCUT2D eigenvalue weighted by Crippen LogP contribution is -2.34. The van der Waals surface area contributed by atoms with E-state index in [0.717, 1.165) is 44.6 Å². The minimum atomic E-state index is 0.238. The highest BCUT2D eigenvalue weighted by Crippen LogP contribution is 2.48. The zero-order valence-corrected chi connectivity index (χ0v) is 18.5. The fraction of sp³-hybridized carbons (Fsp3) is 0.536. The van der Waals surface area contributed by atoms with Crippen molar-refractivity contribution in [2.75, 3.05) is 18.0 Å². The number of aryl methyl sites for hydroxylation is 1. The maximum Gasteiger partial charge on any atom is 0.123 e. The van der Waals surface area contributed by atoms with E-state index < -0.39 is 0 Å². The second-order valence-corrected chi connectivity index (χ2v) is 10.0. The van der Waals surface area contributed by atoms with Gasteiger partial charge in [0.25, 0.3) is 0 Å². The van der Waals surface area contributed by atoms with E-state index in [1.807, 2.05) is 12.1 Å². The summed E-state index contributed by atoms with van der Waals surface area (Å²) in [5, 5.41) is 10.0. The Labute approximate surface area is 186 Å². The summed E-state index contributed by atoms with van der Waals surface area (Å²) >= 11 is 0. The van der Waals surface area contributed by atoms with Gasteiger partial charge in [0, 0.05) is 30.6 Å². The fourth-order valence-electron chi connectivity index (χ4n) is 6.51. The molecule has 3 nitrogen and oxygen atoms in total. The summed E-state index contributed by atoms with van der Waals surface area (Å²) in [5.41, 5.74) is 5.47. The predicted molar refractivity (Wildman–Crippen MR) is 126 cm³/mol. The van der Waals surface area contributed by atoms with Gasteiger partial charge < -0.3 is 14.8 Å². The zero-order valence-electron chi connectivity index (χ0n) is 18.5. The lowest BCUT2D eigenvalue weighted by atomic mass is 9.64. The van der Waals surface area contributed by atoms with Crippen LogP contribution in [0.3, 0.4) is 0 Å². The highest BCUT2D eigenvalue weighted by Gasteiger charge is 2.36. The number of aldehydes is 1. The minimum absolute atomic E-state index is 0.238. The van der Waals surface area contributed by atoms with Crippen LogP contribution in [0.2, 0.25) is 0 Å². The van der Waals surface area contributed by atoms with Crippen molar-refractivity contribution in [3.05, 3.63) is 59.2 Å². The Morgan fingerprint density at radius 2 is 1.61 bits per heavy atom. The summed E-state index contributed by atoms with van der Waals surface area (Å²) in [4.78, 5) is 13.5. The number of phenolic OH excluding ortho intramolecular Hbond substituents is 1. The van der Waals surface area contributed by atoms with E-state index in [2.05, 4.69) is 35.2 Å². The normalized spacial score (nSPS) is 25.2. The average molecular weight is 418 g/mol. The molecule has 2 aliphatic carbocycles. The monoisotopic (exact) mass is 417 g/mol. The molecule has 1 heterocycles.